The lowest BCUT2D eigenvalue weighted by molar-refractivity contribution is 0.0780. The average molecular weight is 441 g/mol. The van der Waals surface area contributed by atoms with Crippen molar-refractivity contribution < 1.29 is 18.8 Å². The van der Waals surface area contributed by atoms with Crippen molar-refractivity contribution in [1.82, 2.24) is 20.4 Å². The van der Waals surface area contributed by atoms with Crippen LogP contribution in [0.1, 0.15) is 62.6 Å². The number of amides is 2. The van der Waals surface area contributed by atoms with Gasteiger partial charge in [-0.05, 0) is 30.9 Å². The van der Waals surface area contributed by atoms with Crippen LogP contribution >= 0.6 is 11.3 Å². The second-order valence-electron chi connectivity index (χ2n) is 8.08. The van der Waals surface area contributed by atoms with Gasteiger partial charge < -0.3 is 19.5 Å². The van der Waals surface area contributed by atoms with Crippen LogP contribution < -0.4 is 5.32 Å². The molecule has 1 saturated heterocycles. The molecule has 4 heterocycles. The predicted octanol–water partition coefficient (Wildman–Crippen LogP) is 3.17. The summed E-state index contributed by atoms with van der Waals surface area (Å²) in [5.74, 6) is 1.07. The summed E-state index contributed by atoms with van der Waals surface area (Å²) >= 11 is 1.40. The third-order valence-corrected chi connectivity index (χ3v) is 7.04. The van der Waals surface area contributed by atoms with Gasteiger partial charge in [0.2, 0.25) is 0 Å². The van der Waals surface area contributed by atoms with E-state index < -0.39 is 0 Å². The topological polar surface area (TPSA) is 97.6 Å². The number of fused-ring (bicyclic) bond motifs is 1. The molecule has 3 aromatic heterocycles. The highest BCUT2D eigenvalue weighted by atomic mass is 32.1. The third kappa shape index (κ3) is 3.95. The Bertz CT molecular complexity index is 1120. The summed E-state index contributed by atoms with van der Waals surface area (Å²) in [6.07, 6.45) is 4.73. The van der Waals surface area contributed by atoms with E-state index in [4.69, 9.17) is 9.26 Å². The van der Waals surface area contributed by atoms with Gasteiger partial charge in [-0.3, -0.25) is 9.59 Å². The van der Waals surface area contributed by atoms with Gasteiger partial charge in [-0.1, -0.05) is 11.2 Å². The largest absolute Gasteiger partial charge is 0.383 e. The number of likely N-dealkylation sites (tertiary alicyclic amines) is 1. The first-order chi connectivity index (χ1) is 15.2. The predicted molar refractivity (Wildman–Crippen MR) is 116 cm³/mol. The van der Waals surface area contributed by atoms with Crippen molar-refractivity contribution in [2.75, 3.05) is 33.4 Å². The van der Waals surface area contributed by atoms with Gasteiger partial charge in [0.15, 0.2) is 5.69 Å². The molecule has 8 nitrogen and oxygen atoms in total. The van der Waals surface area contributed by atoms with Gasteiger partial charge >= 0.3 is 0 Å². The monoisotopic (exact) mass is 440 g/mol. The first-order valence-electron chi connectivity index (χ1n) is 10.6. The molecule has 1 atom stereocenters. The molecule has 0 radical (unpaired) electrons. The van der Waals surface area contributed by atoms with Crippen LogP contribution in [-0.4, -0.2) is 60.2 Å². The fourth-order valence-electron chi connectivity index (χ4n) is 4.16. The number of nitrogens with zero attached hydrogens (tertiary/aromatic N) is 3. The second-order valence-corrected chi connectivity index (χ2v) is 9.07. The first-order valence-corrected chi connectivity index (χ1v) is 11.4. The minimum absolute atomic E-state index is 0.0693. The van der Waals surface area contributed by atoms with Gasteiger partial charge in [0.25, 0.3) is 11.8 Å². The number of carbonyl (C=O) groups excluding carboxylic acids is 2. The SMILES string of the molecule is COCCNC(=O)c1sc2ncccc2c1C1CCN(C(=O)c2cc(C3CC3)on2)C1. The summed E-state index contributed by atoms with van der Waals surface area (Å²) in [7, 11) is 1.60. The van der Waals surface area contributed by atoms with E-state index in [-0.39, 0.29) is 17.7 Å². The van der Waals surface area contributed by atoms with E-state index >= 15 is 0 Å². The van der Waals surface area contributed by atoms with Crippen molar-refractivity contribution in [1.29, 1.82) is 0 Å². The van der Waals surface area contributed by atoms with Gasteiger partial charge in [0, 0.05) is 56.2 Å². The number of pyridine rings is 1. The molecule has 0 spiro atoms. The Morgan fingerprint density at radius 2 is 2.19 bits per heavy atom. The molecule has 31 heavy (non-hydrogen) atoms. The average Bonchev–Trinajstić information content (AvgIpc) is 3.19. The Kier molecular flexibility index (Phi) is 5.45. The number of rotatable bonds is 7. The number of hydrogen-bond donors (Lipinski definition) is 1. The first kappa shape index (κ1) is 20.1. The van der Waals surface area contributed by atoms with E-state index in [0.717, 1.165) is 40.8 Å². The zero-order valence-electron chi connectivity index (χ0n) is 17.3. The summed E-state index contributed by atoms with van der Waals surface area (Å²) in [4.78, 5) is 33.6. The normalized spacial score (nSPS) is 18.6. The van der Waals surface area contributed by atoms with Crippen LogP contribution in [0.3, 0.4) is 0 Å². The van der Waals surface area contributed by atoms with E-state index in [2.05, 4.69) is 15.5 Å². The minimum Gasteiger partial charge on any atom is -0.383 e. The summed E-state index contributed by atoms with van der Waals surface area (Å²) in [6.45, 7) is 2.07. The molecule has 2 fully saturated rings. The number of hydrogen-bond acceptors (Lipinski definition) is 7. The molecule has 1 saturated carbocycles. The number of carbonyl (C=O) groups is 2. The van der Waals surface area contributed by atoms with Crippen molar-refractivity contribution >= 4 is 33.4 Å². The lowest BCUT2D eigenvalue weighted by atomic mass is 9.95. The highest BCUT2D eigenvalue weighted by Gasteiger charge is 2.35. The van der Waals surface area contributed by atoms with Gasteiger partial charge in [0.05, 0.1) is 11.5 Å². The maximum Gasteiger partial charge on any atom is 0.276 e. The molecule has 5 rings (SSSR count). The van der Waals surface area contributed by atoms with E-state index in [1.54, 1.807) is 19.4 Å². The standard InChI is InChI=1S/C22H24N4O4S/c1-29-10-8-23-20(27)19-18(15-3-2-7-24-21(15)31-19)14-6-9-26(12-14)22(28)16-11-17(30-25-16)13-4-5-13/h2-3,7,11,13-14H,4-6,8-10,12H2,1H3,(H,23,27). The van der Waals surface area contributed by atoms with Gasteiger partial charge in [-0.25, -0.2) is 4.98 Å². The fraction of sp³-hybridized carbons (Fsp3) is 0.455. The second kappa shape index (κ2) is 8.39. The zero-order chi connectivity index (χ0) is 21.4. The number of ether oxygens (including phenoxy) is 1. The van der Waals surface area contributed by atoms with Gasteiger partial charge in [-0.15, -0.1) is 11.3 Å². The van der Waals surface area contributed by atoms with E-state index in [1.165, 1.54) is 11.3 Å². The van der Waals surface area contributed by atoms with Crippen LogP contribution in [0.15, 0.2) is 28.9 Å². The summed E-state index contributed by atoms with van der Waals surface area (Å²) < 4.78 is 10.4. The highest BCUT2D eigenvalue weighted by molar-refractivity contribution is 7.20. The molecule has 1 unspecified atom stereocenters. The van der Waals surface area contributed by atoms with Crippen molar-refractivity contribution in [3.05, 3.63) is 46.3 Å². The molecule has 0 aromatic carbocycles. The number of aromatic nitrogens is 2. The maximum atomic E-state index is 13.0. The van der Waals surface area contributed by atoms with Crippen LogP contribution in [0.2, 0.25) is 0 Å². The molecule has 162 valence electrons. The number of nitrogens with one attached hydrogen (secondary N) is 1. The van der Waals surface area contributed by atoms with Crippen LogP contribution in [0.25, 0.3) is 10.2 Å². The molecule has 2 aliphatic rings. The molecule has 9 heteroatoms. The van der Waals surface area contributed by atoms with Crippen molar-refractivity contribution in [3.63, 3.8) is 0 Å². The van der Waals surface area contributed by atoms with Gasteiger partial charge in [0.1, 0.15) is 10.6 Å². The Morgan fingerprint density at radius 3 is 3.00 bits per heavy atom. The van der Waals surface area contributed by atoms with E-state index in [9.17, 15) is 9.59 Å². The molecule has 1 N–H and O–H groups in total. The number of thiophene rings is 1. The zero-order valence-corrected chi connectivity index (χ0v) is 18.1. The Labute approximate surface area is 183 Å². The van der Waals surface area contributed by atoms with E-state index in [1.807, 2.05) is 17.0 Å². The molecule has 1 aliphatic carbocycles. The summed E-state index contributed by atoms with van der Waals surface area (Å²) in [6, 6.07) is 5.67. The molecule has 2 amide bonds. The molecular formula is C22H24N4O4S. The lowest BCUT2D eigenvalue weighted by Gasteiger charge is -2.16. The van der Waals surface area contributed by atoms with Crippen molar-refractivity contribution in [2.45, 2.75) is 31.1 Å². The van der Waals surface area contributed by atoms with Gasteiger partial charge in [-0.2, -0.15) is 0 Å². The molecule has 3 aromatic rings. The molecule has 1 aliphatic heterocycles. The van der Waals surface area contributed by atoms with Crippen LogP contribution in [0, 0.1) is 0 Å². The Morgan fingerprint density at radius 1 is 1.32 bits per heavy atom. The molecule has 0 bridgehead atoms. The Hall–Kier alpha value is -2.78. The van der Waals surface area contributed by atoms with Crippen LogP contribution in [0.4, 0.5) is 0 Å². The molecular weight excluding hydrogens is 416 g/mol. The quantitative estimate of drug-likeness (QED) is 0.567. The van der Waals surface area contributed by atoms with Crippen LogP contribution in [0.5, 0.6) is 0 Å². The van der Waals surface area contributed by atoms with E-state index in [0.29, 0.717) is 42.7 Å². The Balaban J connectivity index is 1.38. The van der Waals surface area contributed by atoms with Crippen molar-refractivity contribution in [3.8, 4) is 0 Å². The van der Waals surface area contributed by atoms with Crippen molar-refractivity contribution in [2.24, 2.45) is 0 Å². The minimum atomic E-state index is -0.120. The fourth-order valence-corrected chi connectivity index (χ4v) is 5.31. The lowest BCUT2D eigenvalue weighted by Crippen LogP contribution is -2.29. The van der Waals surface area contributed by atoms with Crippen LogP contribution in [-0.2, 0) is 4.74 Å². The summed E-state index contributed by atoms with van der Waals surface area (Å²) in [5.41, 5.74) is 1.36. The maximum absolute atomic E-state index is 13.0. The number of methoxy groups -OCH3 is 1. The highest BCUT2D eigenvalue weighted by Crippen LogP contribution is 2.41. The summed E-state index contributed by atoms with van der Waals surface area (Å²) in [5, 5.41) is 7.90. The third-order valence-electron chi connectivity index (χ3n) is 5.91. The smallest absolute Gasteiger partial charge is 0.276 e.